The second kappa shape index (κ2) is 11.4. The van der Waals surface area contributed by atoms with Gasteiger partial charge < -0.3 is 28.6 Å². The average molecular weight is 662 g/mol. The fourth-order valence-corrected chi connectivity index (χ4v) is 9.46. The second-order valence-electron chi connectivity index (χ2n) is 14.6. The van der Waals surface area contributed by atoms with Gasteiger partial charge in [-0.3, -0.25) is 14.4 Å². The number of nitrogens with zero attached hydrogens (tertiary/aromatic N) is 1. The van der Waals surface area contributed by atoms with E-state index in [1.807, 2.05) is 19.9 Å². The summed E-state index contributed by atoms with van der Waals surface area (Å²) in [5.41, 5.74) is -3.10. The minimum atomic E-state index is -1.20. The van der Waals surface area contributed by atoms with Crippen molar-refractivity contribution < 1.29 is 47.7 Å². The highest BCUT2D eigenvalue weighted by Crippen LogP contribution is 2.75. The van der Waals surface area contributed by atoms with Gasteiger partial charge in [0.1, 0.15) is 23.4 Å². The molecule has 0 N–H and O–H groups in total. The van der Waals surface area contributed by atoms with Crippen LogP contribution in [0.4, 0.5) is 0 Å². The Balaban J connectivity index is 1.58. The van der Waals surface area contributed by atoms with Crippen LogP contribution in [0.25, 0.3) is 0 Å². The second-order valence-corrected chi connectivity index (χ2v) is 14.6. The van der Waals surface area contributed by atoms with Gasteiger partial charge in [-0.1, -0.05) is 50.8 Å². The van der Waals surface area contributed by atoms with Crippen LogP contribution in [0.15, 0.2) is 66.3 Å². The summed E-state index contributed by atoms with van der Waals surface area (Å²) >= 11 is 0. The van der Waals surface area contributed by atoms with E-state index in [9.17, 15) is 24.0 Å². The Kier molecular flexibility index (Phi) is 8.01. The van der Waals surface area contributed by atoms with E-state index in [0.29, 0.717) is 29.7 Å². The van der Waals surface area contributed by atoms with E-state index in [0.717, 1.165) is 0 Å². The molecule has 256 valence electrons. The molecular weight excluding hydrogens is 618 g/mol. The van der Waals surface area contributed by atoms with Crippen LogP contribution in [0.2, 0.25) is 0 Å². The van der Waals surface area contributed by atoms with Gasteiger partial charge in [-0.25, -0.2) is 9.59 Å². The maximum absolute atomic E-state index is 14.0. The summed E-state index contributed by atoms with van der Waals surface area (Å²) < 4.78 is 30.3. The van der Waals surface area contributed by atoms with Crippen molar-refractivity contribution >= 4 is 29.8 Å². The first-order valence-electron chi connectivity index (χ1n) is 16.3. The predicted octanol–water partition coefficient (Wildman–Crippen LogP) is 3.97. The molecule has 9 atom stereocenters. The van der Waals surface area contributed by atoms with Crippen molar-refractivity contribution in [3.63, 3.8) is 0 Å². The molecule has 0 radical (unpaired) electrons. The molecule has 3 aliphatic heterocycles. The molecule has 3 fully saturated rings. The minimum Gasteiger partial charge on any atom is -0.469 e. The van der Waals surface area contributed by atoms with Crippen LogP contribution in [0.5, 0.6) is 0 Å². The molecule has 5 aliphatic rings. The Morgan fingerprint density at radius 3 is 2.35 bits per heavy atom. The standard InChI is InChI=1S/C37H43NO10/c1-20-29(35(5)16-14-27(40)48-34(3,4)25(35)19-28(41)44-8)30(45-21(2)39)31(46-33(43)22-12-10-9-11-13-22)36(6)24(18-26-37(20,36)47-26)23-15-17-38(7)32(23)42/h9-16,24-26,29-31H,1,17-19H2,2-8H3/t24-,25-,26+,29+,30+,31-,35-,36+,37+/m0/s1. The number of rotatable bonds is 7. The molecule has 2 saturated carbocycles. The number of allylic oxidation sites excluding steroid dienone is 1. The summed E-state index contributed by atoms with van der Waals surface area (Å²) in [5, 5.41) is 0. The Morgan fingerprint density at radius 2 is 1.75 bits per heavy atom. The number of cyclic esters (lactones) is 1. The van der Waals surface area contributed by atoms with E-state index in [1.54, 1.807) is 62.2 Å². The zero-order valence-corrected chi connectivity index (χ0v) is 28.4. The first kappa shape index (κ1) is 33.6. The summed E-state index contributed by atoms with van der Waals surface area (Å²) in [5.74, 6) is -4.51. The van der Waals surface area contributed by atoms with Gasteiger partial charge in [0.2, 0.25) is 5.91 Å². The van der Waals surface area contributed by atoms with Gasteiger partial charge in [0.25, 0.3) is 0 Å². The Labute approximate surface area is 280 Å². The lowest BCUT2D eigenvalue weighted by Crippen LogP contribution is -2.67. The molecule has 2 aliphatic carbocycles. The maximum Gasteiger partial charge on any atom is 0.338 e. The SMILES string of the molecule is C=C1[C@@H]([C@@]2(C)C=CC(=O)OC(C)(C)[C@@H]2CC(=O)OC)[C@@H](OC(C)=O)[C@H](OC(=O)c2ccccc2)[C@@]2(C)[C@H](C3=CCN(C)C3=O)C[C@H]3O[C@]132. The average Bonchev–Trinajstić information content (AvgIpc) is 3.61. The number of likely N-dealkylation sites (N-methyl/N-ethyl adjacent to an activating group) is 1. The molecule has 6 rings (SSSR count). The van der Waals surface area contributed by atoms with Crippen LogP contribution in [0, 0.1) is 28.6 Å². The molecule has 1 aromatic carbocycles. The fourth-order valence-electron chi connectivity index (χ4n) is 9.46. The molecule has 48 heavy (non-hydrogen) atoms. The zero-order chi connectivity index (χ0) is 35.0. The highest BCUT2D eigenvalue weighted by Gasteiger charge is 2.84. The van der Waals surface area contributed by atoms with Crippen molar-refractivity contribution in [2.75, 3.05) is 20.7 Å². The zero-order valence-electron chi connectivity index (χ0n) is 28.4. The number of hydrogen-bond donors (Lipinski definition) is 0. The maximum atomic E-state index is 14.0. The molecular formula is C37H43NO10. The Morgan fingerprint density at radius 1 is 1.06 bits per heavy atom. The molecule has 3 heterocycles. The highest BCUT2D eigenvalue weighted by atomic mass is 16.6. The summed E-state index contributed by atoms with van der Waals surface area (Å²) in [6.07, 6.45) is 2.51. The molecule has 0 aromatic heterocycles. The fraction of sp³-hybridized carbons (Fsp3) is 0.541. The van der Waals surface area contributed by atoms with Crippen LogP contribution >= 0.6 is 0 Å². The molecule has 1 amide bonds. The largest absolute Gasteiger partial charge is 0.469 e. The van der Waals surface area contributed by atoms with E-state index < -0.39 is 75.9 Å². The normalized spacial score (nSPS) is 37.9. The number of hydrogen-bond acceptors (Lipinski definition) is 10. The van der Waals surface area contributed by atoms with E-state index in [-0.39, 0.29) is 18.4 Å². The van der Waals surface area contributed by atoms with E-state index in [2.05, 4.69) is 6.58 Å². The molecule has 0 unspecified atom stereocenters. The van der Waals surface area contributed by atoms with Gasteiger partial charge >= 0.3 is 23.9 Å². The third-order valence-corrected chi connectivity index (χ3v) is 11.7. The molecule has 11 nitrogen and oxygen atoms in total. The summed E-state index contributed by atoms with van der Waals surface area (Å²) in [4.78, 5) is 68.1. The van der Waals surface area contributed by atoms with Crippen molar-refractivity contribution in [3.05, 3.63) is 71.8 Å². The van der Waals surface area contributed by atoms with E-state index in [4.69, 9.17) is 23.7 Å². The smallest absolute Gasteiger partial charge is 0.338 e. The molecule has 1 saturated heterocycles. The highest BCUT2D eigenvalue weighted by molar-refractivity contribution is 5.96. The predicted molar refractivity (Wildman–Crippen MR) is 171 cm³/mol. The lowest BCUT2D eigenvalue weighted by atomic mass is 9.48. The lowest BCUT2D eigenvalue weighted by molar-refractivity contribution is -0.198. The number of epoxide rings is 1. The number of amides is 1. The van der Waals surface area contributed by atoms with Crippen LogP contribution in [-0.4, -0.2) is 84.9 Å². The number of carbonyl (C=O) groups excluding carboxylic acids is 5. The van der Waals surface area contributed by atoms with Crippen molar-refractivity contribution in [1.29, 1.82) is 0 Å². The molecule has 1 spiro atoms. The molecule has 11 heteroatoms. The number of ether oxygens (including phenoxy) is 5. The monoisotopic (exact) mass is 661 g/mol. The van der Waals surface area contributed by atoms with Gasteiger partial charge in [0.05, 0.1) is 30.6 Å². The van der Waals surface area contributed by atoms with Crippen LogP contribution in [-0.2, 0) is 42.9 Å². The van der Waals surface area contributed by atoms with Crippen molar-refractivity contribution in [2.24, 2.45) is 28.6 Å². The van der Waals surface area contributed by atoms with E-state index in [1.165, 1.54) is 20.1 Å². The van der Waals surface area contributed by atoms with Crippen molar-refractivity contribution in [3.8, 4) is 0 Å². The van der Waals surface area contributed by atoms with Gasteiger partial charge in [0, 0.05) is 55.3 Å². The summed E-state index contributed by atoms with van der Waals surface area (Å²) in [7, 11) is 3.01. The lowest BCUT2D eigenvalue weighted by Gasteiger charge is -2.58. The third-order valence-electron chi connectivity index (χ3n) is 11.7. The number of esters is 4. The van der Waals surface area contributed by atoms with Gasteiger partial charge in [0.15, 0.2) is 0 Å². The van der Waals surface area contributed by atoms with Gasteiger partial charge in [-0.2, -0.15) is 0 Å². The van der Waals surface area contributed by atoms with Crippen LogP contribution in [0.1, 0.15) is 57.8 Å². The Hall–Kier alpha value is -4.25. The van der Waals surface area contributed by atoms with Crippen LogP contribution < -0.4 is 0 Å². The minimum absolute atomic E-state index is 0.128. The topological polar surface area (TPSA) is 138 Å². The number of benzene rings is 1. The van der Waals surface area contributed by atoms with Crippen molar-refractivity contribution in [2.45, 2.75) is 77.0 Å². The summed E-state index contributed by atoms with van der Waals surface area (Å²) in [6, 6.07) is 8.49. The van der Waals surface area contributed by atoms with Gasteiger partial charge in [-0.05, 0) is 38.0 Å². The first-order valence-corrected chi connectivity index (χ1v) is 16.3. The van der Waals surface area contributed by atoms with Crippen molar-refractivity contribution in [1.82, 2.24) is 4.90 Å². The number of carbonyl (C=O) groups is 5. The van der Waals surface area contributed by atoms with E-state index >= 15 is 0 Å². The Bertz CT molecular complexity index is 1650. The van der Waals surface area contributed by atoms with Crippen LogP contribution in [0.3, 0.4) is 0 Å². The molecule has 1 aromatic rings. The molecule has 0 bridgehead atoms. The number of methoxy groups -OCH3 is 1. The van der Waals surface area contributed by atoms with Gasteiger partial charge in [-0.15, -0.1) is 0 Å². The summed E-state index contributed by atoms with van der Waals surface area (Å²) in [6.45, 7) is 13.6. The first-order chi connectivity index (χ1) is 22.5. The quantitative estimate of drug-likeness (QED) is 0.183. The third kappa shape index (κ3) is 4.83.